The first-order chi connectivity index (χ1) is 10.8. The Morgan fingerprint density at radius 3 is 1.96 bits per heavy atom. The normalized spacial score (nSPS) is 51.7. The molecule has 0 saturated carbocycles. The lowest BCUT2D eigenvalue weighted by Crippen LogP contribution is -2.66. The molecule has 11 nitrogen and oxygen atoms in total. The molecule has 0 aliphatic carbocycles. The van der Waals surface area contributed by atoms with Crippen molar-refractivity contribution in [3.05, 3.63) is 0 Å². The fraction of sp³-hybridized carbons (Fsp3) is 1.00. The average molecular weight is 341 g/mol. The van der Waals surface area contributed by atoms with Crippen molar-refractivity contribution in [1.29, 1.82) is 0 Å². The molecule has 9 N–H and O–H groups in total. The van der Waals surface area contributed by atoms with Crippen LogP contribution < -0.4 is 5.73 Å². The van der Waals surface area contributed by atoms with E-state index < -0.39 is 74.6 Å². The van der Waals surface area contributed by atoms with E-state index in [4.69, 9.17) is 25.1 Å². The molecule has 5 unspecified atom stereocenters. The molecule has 136 valence electrons. The van der Waals surface area contributed by atoms with Crippen LogP contribution in [0.15, 0.2) is 0 Å². The van der Waals surface area contributed by atoms with Gasteiger partial charge >= 0.3 is 0 Å². The third-order valence-corrected chi connectivity index (χ3v) is 4.06. The molecule has 0 aromatic carbocycles. The fourth-order valence-corrected chi connectivity index (χ4v) is 2.60. The highest BCUT2D eigenvalue weighted by atomic mass is 16.7. The zero-order valence-electron chi connectivity index (χ0n) is 12.1. The van der Waals surface area contributed by atoms with E-state index in [1.807, 2.05) is 0 Å². The summed E-state index contributed by atoms with van der Waals surface area (Å²) in [7, 11) is 0. The second-order valence-corrected chi connectivity index (χ2v) is 5.61. The van der Waals surface area contributed by atoms with E-state index in [-0.39, 0.29) is 0 Å². The zero-order valence-corrected chi connectivity index (χ0v) is 12.1. The first-order valence-electron chi connectivity index (χ1n) is 7.15. The van der Waals surface area contributed by atoms with E-state index in [0.717, 1.165) is 0 Å². The second-order valence-electron chi connectivity index (χ2n) is 5.61. The third kappa shape index (κ3) is 3.65. The van der Waals surface area contributed by atoms with E-state index in [1.165, 1.54) is 0 Å². The standard InChI is InChI=1S/C12H23NO10/c13-5-7(17)10(4(2-15)21-11(5)20)23-12-9(19)8(18)6(16)3(1-14)22-12/h3-12,14-20H,1-2,13H2/t3?,4?,5-,6-,7?,8?,9-,10+,11?,12-/m0/s1. The van der Waals surface area contributed by atoms with Gasteiger partial charge in [-0.05, 0) is 0 Å². The number of hydrogen-bond donors (Lipinski definition) is 8. The maximum Gasteiger partial charge on any atom is 0.187 e. The molecule has 0 bridgehead atoms. The van der Waals surface area contributed by atoms with Crippen LogP contribution in [-0.2, 0) is 14.2 Å². The summed E-state index contributed by atoms with van der Waals surface area (Å²) in [5, 5.41) is 67.3. The molecular formula is C12H23NO10. The summed E-state index contributed by atoms with van der Waals surface area (Å²) in [4.78, 5) is 0. The number of hydrogen-bond acceptors (Lipinski definition) is 11. The molecule has 2 rings (SSSR count). The van der Waals surface area contributed by atoms with E-state index in [0.29, 0.717) is 0 Å². The number of nitrogens with two attached hydrogens (primary N) is 1. The molecule has 2 heterocycles. The summed E-state index contributed by atoms with van der Waals surface area (Å²) in [5.74, 6) is 0. The smallest absolute Gasteiger partial charge is 0.187 e. The average Bonchev–Trinajstić information content (AvgIpc) is 2.55. The van der Waals surface area contributed by atoms with Crippen LogP contribution in [0.25, 0.3) is 0 Å². The first-order valence-corrected chi connectivity index (χ1v) is 7.15. The van der Waals surface area contributed by atoms with Gasteiger partial charge in [0.15, 0.2) is 12.6 Å². The summed E-state index contributed by atoms with van der Waals surface area (Å²) in [5.41, 5.74) is 5.55. The summed E-state index contributed by atoms with van der Waals surface area (Å²) in [6.07, 6.45) is -13.0. The van der Waals surface area contributed by atoms with Crippen molar-refractivity contribution in [2.45, 2.75) is 61.3 Å². The summed E-state index contributed by atoms with van der Waals surface area (Å²) < 4.78 is 15.5. The van der Waals surface area contributed by atoms with Gasteiger partial charge < -0.3 is 55.7 Å². The molecule has 23 heavy (non-hydrogen) atoms. The van der Waals surface area contributed by atoms with Crippen molar-refractivity contribution in [2.24, 2.45) is 5.73 Å². The molecule has 2 aliphatic rings. The molecular weight excluding hydrogens is 318 g/mol. The SMILES string of the molecule is N[C@@H]1C(O)OC(CO)[C@@H](O[C@@H]2OC(CO)[C@H](O)C(O)[C@@H]2O)C1O. The molecule has 2 aliphatic heterocycles. The van der Waals surface area contributed by atoms with Crippen molar-refractivity contribution >= 4 is 0 Å². The monoisotopic (exact) mass is 341 g/mol. The topological polar surface area (TPSA) is 195 Å². The minimum atomic E-state index is -1.68. The maximum absolute atomic E-state index is 10.1. The highest BCUT2D eigenvalue weighted by molar-refractivity contribution is 4.94. The molecule has 10 atom stereocenters. The predicted molar refractivity (Wildman–Crippen MR) is 70.6 cm³/mol. The molecule has 0 radical (unpaired) electrons. The van der Waals surface area contributed by atoms with Crippen LogP contribution in [0.2, 0.25) is 0 Å². The summed E-state index contributed by atoms with van der Waals surface area (Å²) in [6.45, 7) is -1.26. The maximum atomic E-state index is 10.1. The van der Waals surface area contributed by atoms with Gasteiger partial charge in [-0.3, -0.25) is 0 Å². The van der Waals surface area contributed by atoms with Gasteiger partial charge in [-0.25, -0.2) is 0 Å². The minimum Gasteiger partial charge on any atom is -0.394 e. The lowest BCUT2D eigenvalue weighted by Gasteiger charge is -2.45. The van der Waals surface area contributed by atoms with Crippen molar-refractivity contribution in [1.82, 2.24) is 0 Å². The van der Waals surface area contributed by atoms with E-state index in [2.05, 4.69) is 0 Å². The van der Waals surface area contributed by atoms with Crippen LogP contribution >= 0.6 is 0 Å². The number of rotatable bonds is 4. The van der Waals surface area contributed by atoms with Gasteiger partial charge in [-0.2, -0.15) is 0 Å². The van der Waals surface area contributed by atoms with Crippen molar-refractivity contribution in [2.75, 3.05) is 13.2 Å². The van der Waals surface area contributed by atoms with Crippen molar-refractivity contribution in [3.8, 4) is 0 Å². The fourth-order valence-electron chi connectivity index (χ4n) is 2.60. The summed E-state index contributed by atoms with van der Waals surface area (Å²) in [6, 6.07) is -1.23. The minimum absolute atomic E-state index is 0.622. The molecule has 0 amide bonds. The zero-order chi connectivity index (χ0) is 17.3. The quantitative estimate of drug-likeness (QED) is 0.243. The lowest BCUT2D eigenvalue weighted by atomic mass is 9.96. The Hall–Kier alpha value is -0.440. The molecule has 0 aromatic heterocycles. The largest absolute Gasteiger partial charge is 0.394 e. The first kappa shape index (κ1) is 18.9. The lowest BCUT2D eigenvalue weighted by molar-refractivity contribution is -0.344. The van der Waals surface area contributed by atoms with E-state index >= 15 is 0 Å². The Labute approximate surface area is 131 Å². The Kier molecular flexibility index (Phi) is 6.27. The number of ether oxygens (including phenoxy) is 3. The summed E-state index contributed by atoms with van der Waals surface area (Å²) >= 11 is 0. The van der Waals surface area contributed by atoms with Crippen LogP contribution in [0, 0.1) is 0 Å². The Balaban J connectivity index is 2.11. The van der Waals surface area contributed by atoms with Gasteiger partial charge in [-0.15, -0.1) is 0 Å². The molecule has 2 saturated heterocycles. The number of aliphatic hydroxyl groups is 7. The Morgan fingerprint density at radius 2 is 1.39 bits per heavy atom. The highest BCUT2D eigenvalue weighted by Gasteiger charge is 2.49. The second kappa shape index (κ2) is 7.63. The number of aliphatic hydroxyl groups excluding tert-OH is 7. The van der Waals surface area contributed by atoms with E-state index in [1.54, 1.807) is 0 Å². The van der Waals surface area contributed by atoms with Crippen LogP contribution in [-0.4, -0.2) is 110 Å². The molecule has 0 spiro atoms. The van der Waals surface area contributed by atoms with Gasteiger partial charge in [0.05, 0.1) is 19.3 Å². The van der Waals surface area contributed by atoms with Crippen molar-refractivity contribution in [3.63, 3.8) is 0 Å². The highest BCUT2D eigenvalue weighted by Crippen LogP contribution is 2.27. The van der Waals surface area contributed by atoms with Gasteiger partial charge in [0.2, 0.25) is 0 Å². The van der Waals surface area contributed by atoms with Gasteiger partial charge in [-0.1, -0.05) is 0 Å². The van der Waals surface area contributed by atoms with Crippen LogP contribution in [0.4, 0.5) is 0 Å². The third-order valence-electron chi connectivity index (χ3n) is 4.06. The Bertz CT molecular complexity index is 383. The molecule has 11 heteroatoms. The van der Waals surface area contributed by atoms with Gasteiger partial charge in [0, 0.05) is 0 Å². The molecule has 2 fully saturated rings. The molecule has 0 aromatic rings. The van der Waals surface area contributed by atoms with Gasteiger partial charge in [0.1, 0.15) is 42.7 Å². The van der Waals surface area contributed by atoms with Crippen molar-refractivity contribution < 1.29 is 50.0 Å². The van der Waals surface area contributed by atoms with E-state index in [9.17, 15) is 30.6 Å². The van der Waals surface area contributed by atoms with Crippen LogP contribution in [0.5, 0.6) is 0 Å². The van der Waals surface area contributed by atoms with Gasteiger partial charge in [0.25, 0.3) is 0 Å². The Morgan fingerprint density at radius 1 is 0.783 bits per heavy atom. The van der Waals surface area contributed by atoms with Crippen LogP contribution in [0.3, 0.4) is 0 Å². The predicted octanol–water partition coefficient (Wildman–Crippen LogP) is -5.43. The van der Waals surface area contributed by atoms with Crippen LogP contribution in [0.1, 0.15) is 0 Å².